The van der Waals surface area contributed by atoms with Crippen molar-refractivity contribution in [1.29, 1.82) is 0 Å². The van der Waals surface area contributed by atoms with Gasteiger partial charge in [0.1, 0.15) is 18.1 Å². The number of hydrogen-bond acceptors (Lipinski definition) is 5. The zero-order valence-corrected chi connectivity index (χ0v) is 20.7. The van der Waals surface area contributed by atoms with Crippen LogP contribution in [0.5, 0.6) is 11.5 Å². The van der Waals surface area contributed by atoms with Crippen LogP contribution in [0.4, 0.5) is 4.39 Å². The van der Waals surface area contributed by atoms with Crippen LogP contribution in [0.15, 0.2) is 24.3 Å². The number of nitrogens with one attached hydrogen (secondary N) is 1. The molecule has 192 valence electrons. The molecule has 36 heavy (non-hydrogen) atoms. The van der Waals surface area contributed by atoms with E-state index in [0.29, 0.717) is 34.6 Å². The second kappa shape index (κ2) is 11.2. The maximum Gasteiger partial charge on any atom is 0.255 e. The van der Waals surface area contributed by atoms with Gasteiger partial charge in [-0.05, 0) is 62.3 Å². The highest BCUT2D eigenvalue weighted by Gasteiger charge is 2.41. The van der Waals surface area contributed by atoms with E-state index in [-0.39, 0.29) is 24.7 Å². The fourth-order valence-corrected chi connectivity index (χ4v) is 5.21. The van der Waals surface area contributed by atoms with Gasteiger partial charge in [-0.1, -0.05) is 18.8 Å². The van der Waals surface area contributed by atoms with E-state index >= 15 is 0 Å². The summed E-state index contributed by atoms with van der Waals surface area (Å²) in [6, 6.07) is 6.56. The molecule has 2 aromatic rings. The van der Waals surface area contributed by atoms with Gasteiger partial charge in [0, 0.05) is 34.8 Å². The molecule has 8 heteroatoms. The first-order valence-corrected chi connectivity index (χ1v) is 12.5. The monoisotopic (exact) mass is 496 g/mol. The first kappa shape index (κ1) is 25.8. The summed E-state index contributed by atoms with van der Waals surface area (Å²) < 4.78 is 25.7. The van der Waals surface area contributed by atoms with Crippen molar-refractivity contribution in [3.8, 4) is 23.3 Å². The smallest absolute Gasteiger partial charge is 0.255 e. The van der Waals surface area contributed by atoms with E-state index in [2.05, 4.69) is 17.2 Å². The molecule has 0 radical (unpaired) electrons. The number of methoxy groups -OCH3 is 1. The Hall–Kier alpha value is -3.31. The Labute approximate surface area is 210 Å². The predicted octanol–water partition coefficient (Wildman–Crippen LogP) is 3.34. The molecule has 1 saturated carbocycles. The molecule has 2 aliphatic rings. The summed E-state index contributed by atoms with van der Waals surface area (Å²) >= 11 is 0. The molecule has 0 aromatic heterocycles. The maximum atomic E-state index is 14.2. The van der Waals surface area contributed by atoms with Crippen molar-refractivity contribution in [1.82, 2.24) is 5.32 Å². The molecular weight excluding hydrogens is 463 g/mol. The highest BCUT2D eigenvalue weighted by atomic mass is 19.1. The molecule has 2 fully saturated rings. The minimum atomic E-state index is -1.54. The van der Waals surface area contributed by atoms with E-state index in [9.17, 15) is 19.1 Å². The normalized spacial score (nSPS) is 25.7. The van der Waals surface area contributed by atoms with Crippen LogP contribution in [0.1, 0.15) is 54.9 Å². The molecule has 1 unspecified atom stereocenters. The molecule has 7 nitrogen and oxygen atoms in total. The van der Waals surface area contributed by atoms with Crippen LogP contribution >= 0.6 is 0 Å². The fraction of sp³-hybridized carbons (Fsp3) is 0.500. The highest BCUT2D eigenvalue weighted by Crippen LogP contribution is 2.35. The van der Waals surface area contributed by atoms with Gasteiger partial charge in [-0.15, -0.1) is 0 Å². The van der Waals surface area contributed by atoms with Gasteiger partial charge >= 0.3 is 0 Å². The molecule has 4 rings (SSSR count). The Balaban J connectivity index is 1.67. The number of amides is 2. The van der Waals surface area contributed by atoms with Gasteiger partial charge in [-0.25, -0.2) is 4.39 Å². The average molecular weight is 497 g/mol. The summed E-state index contributed by atoms with van der Waals surface area (Å²) in [5.41, 5.74) is 6.57. The van der Waals surface area contributed by atoms with Crippen LogP contribution < -0.4 is 20.5 Å². The lowest BCUT2D eigenvalue weighted by atomic mass is 9.82. The fourth-order valence-electron chi connectivity index (χ4n) is 5.21. The number of primary amides is 1. The van der Waals surface area contributed by atoms with Crippen LogP contribution in [0.25, 0.3) is 10.8 Å². The molecule has 3 atom stereocenters. The third-order valence-electron chi connectivity index (χ3n) is 7.44. The second-order valence-corrected chi connectivity index (χ2v) is 9.64. The predicted molar refractivity (Wildman–Crippen MR) is 135 cm³/mol. The van der Waals surface area contributed by atoms with E-state index in [1.165, 1.54) is 7.11 Å². The summed E-state index contributed by atoms with van der Waals surface area (Å²) in [5.74, 6) is 6.40. The quantitative estimate of drug-likeness (QED) is 0.509. The number of carbonyl (C=O) groups excluding carboxylic acids is 2. The van der Waals surface area contributed by atoms with Gasteiger partial charge in [0.2, 0.25) is 0 Å². The minimum absolute atomic E-state index is 0.110. The van der Waals surface area contributed by atoms with Gasteiger partial charge < -0.3 is 25.6 Å². The maximum absolute atomic E-state index is 14.2. The number of alkyl halides is 1. The largest absolute Gasteiger partial charge is 0.496 e. The second-order valence-electron chi connectivity index (χ2n) is 9.64. The molecule has 1 aliphatic carbocycles. The highest BCUT2D eigenvalue weighted by molar-refractivity contribution is 6.03. The van der Waals surface area contributed by atoms with Gasteiger partial charge in [0.05, 0.1) is 18.7 Å². The zero-order valence-electron chi connectivity index (χ0n) is 20.7. The molecule has 4 N–H and O–H groups in total. The van der Waals surface area contributed by atoms with Gasteiger partial charge in [-0.3, -0.25) is 9.59 Å². The van der Waals surface area contributed by atoms with Gasteiger partial charge in [0.25, 0.3) is 11.8 Å². The van der Waals surface area contributed by atoms with Crippen molar-refractivity contribution in [2.24, 2.45) is 23.5 Å². The Kier molecular flexibility index (Phi) is 8.00. The van der Waals surface area contributed by atoms with Crippen LogP contribution in [0, 0.1) is 29.6 Å². The number of aliphatic hydroxyl groups excluding tert-OH is 1. The first-order valence-electron chi connectivity index (χ1n) is 12.5. The Morgan fingerprint density at radius 2 is 1.94 bits per heavy atom. The van der Waals surface area contributed by atoms with Crippen LogP contribution in [-0.4, -0.2) is 49.5 Å². The van der Waals surface area contributed by atoms with Gasteiger partial charge in [0.15, 0.2) is 6.17 Å². The standard InChI is InChI=1S/C28H33FN2O5/c1-3-19-23(31-28(34)26(19)29)15-36-24-11-10-18(9-8-16-4-6-17(14-32)7-5-16)20-12-22(27(30)33)25(35-2)13-21(20)24/h10-13,16-17,19,23,26,32H,3-7,14-15H2,1-2H3,(H2,30,33)(H,31,34)/t16?,17?,19-,23?,26-/m0/s1. The lowest BCUT2D eigenvalue weighted by Crippen LogP contribution is -2.34. The van der Waals surface area contributed by atoms with Crippen molar-refractivity contribution in [3.63, 3.8) is 0 Å². The summed E-state index contributed by atoms with van der Waals surface area (Å²) in [7, 11) is 1.46. The molecule has 0 bridgehead atoms. The summed E-state index contributed by atoms with van der Waals surface area (Å²) in [4.78, 5) is 23.9. The first-order chi connectivity index (χ1) is 17.4. The number of ether oxygens (including phenoxy) is 2. The lowest BCUT2D eigenvalue weighted by Gasteiger charge is -2.23. The van der Waals surface area contributed by atoms with E-state index < -0.39 is 29.9 Å². The van der Waals surface area contributed by atoms with Crippen molar-refractivity contribution >= 4 is 22.6 Å². The molecule has 1 heterocycles. The molecular formula is C28H33FN2O5. The van der Waals surface area contributed by atoms with Crippen LogP contribution in [-0.2, 0) is 4.79 Å². The summed E-state index contributed by atoms with van der Waals surface area (Å²) in [6.07, 6.45) is 2.78. The number of nitrogens with two attached hydrogens (primary N) is 1. The van der Waals surface area contributed by atoms with E-state index in [4.69, 9.17) is 15.2 Å². The third kappa shape index (κ3) is 5.26. The SMILES string of the molecule is CC[C@H]1C(COc2ccc(C#CC3CCC(CO)CC3)c3cc(C(N)=O)c(OC)cc23)NC(=O)[C@H]1F. The van der Waals surface area contributed by atoms with E-state index in [0.717, 1.165) is 31.2 Å². The van der Waals surface area contributed by atoms with Crippen molar-refractivity contribution < 1.29 is 28.6 Å². The van der Waals surface area contributed by atoms with Crippen molar-refractivity contribution in [2.45, 2.75) is 51.2 Å². The molecule has 1 aliphatic heterocycles. The number of halogens is 1. The Bertz CT molecular complexity index is 1200. The van der Waals surface area contributed by atoms with E-state index in [1.54, 1.807) is 18.2 Å². The lowest BCUT2D eigenvalue weighted by molar-refractivity contribution is -0.123. The molecule has 1 saturated heterocycles. The topological polar surface area (TPSA) is 111 Å². The van der Waals surface area contributed by atoms with Crippen LogP contribution in [0.3, 0.4) is 0 Å². The zero-order chi connectivity index (χ0) is 25.8. The third-order valence-corrected chi connectivity index (χ3v) is 7.44. The number of fused-ring (bicyclic) bond motifs is 1. The Morgan fingerprint density at radius 1 is 1.19 bits per heavy atom. The molecule has 2 amide bonds. The molecule has 0 spiro atoms. The summed E-state index contributed by atoms with van der Waals surface area (Å²) in [6.45, 7) is 2.18. The number of benzene rings is 2. The minimum Gasteiger partial charge on any atom is -0.496 e. The number of carbonyl (C=O) groups is 2. The van der Waals surface area contributed by atoms with Crippen LogP contribution in [0.2, 0.25) is 0 Å². The van der Waals surface area contributed by atoms with Crippen molar-refractivity contribution in [2.75, 3.05) is 20.3 Å². The average Bonchev–Trinajstić information content (AvgIpc) is 3.17. The number of aliphatic hydroxyl groups is 1. The summed E-state index contributed by atoms with van der Waals surface area (Å²) in [5, 5.41) is 13.4. The Morgan fingerprint density at radius 3 is 2.58 bits per heavy atom. The van der Waals surface area contributed by atoms with E-state index in [1.807, 2.05) is 13.0 Å². The van der Waals surface area contributed by atoms with Crippen molar-refractivity contribution in [3.05, 3.63) is 35.4 Å². The van der Waals surface area contributed by atoms with Gasteiger partial charge in [-0.2, -0.15) is 0 Å². The number of hydrogen-bond donors (Lipinski definition) is 3. The molecule has 2 aromatic carbocycles. The number of rotatable bonds is 7.